The molecule has 0 bridgehead atoms. The standard InChI is InChI=1S/C12H13FO3/c1-8(4-5-14)9-2-3-10(13)12-11(9)15-6-7-16-12/h2-3,5,8H,4,6-7H2,1H3. The number of aldehydes is 1. The number of carbonyl (C=O) groups excluding carboxylic acids is 1. The van der Waals surface area contributed by atoms with E-state index in [0.29, 0.717) is 25.4 Å². The van der Waals surface area contributed by atoms with Crippen molar-refractivity contribution in [2.24, 2.45) is 0 Å². The lowest BCUT2D eigenvalue weighted by Gasteiger charge is -2.23. The van der Waals surface area contributed by atoms with Crippen molar-refractivity contribution in [3.8, 4) is 11.5 Å². The van der Waals surface area contributed by atoms with Crippen LogP contribution in [-0.4, -0.2) is 19.5 Å². The van der Waals surface area contributed by atoms with Gasteiger partial charge in [0.1, 0.15) is 19.5 Å². The minimum Gasteiger partial charge on any atom is -0.486 e. The molecule has 0 aromatic heterocycles. The third-order valence-electron chi connectivity index (χ3n) is 2.65. The van der Waals surface area contributed by atoms with Gasteiger partial charge in [-0.3, -0.25) is 0 Å². The van der Waals surface area contributed by atoms with E-state index in [0.717, 1.165) is 11.8 Å². The fourth-order valence-electron chi connectivity index (χ4n) is 1.78. The predicted molar refractivity (Wildman–Crippen MR) is 56.5 cm³/mol. The molecular formula is C12H13FO3. The Labute approximate surface area is 93.2 Å². The van der Waals surface area contributed by atoms with Crippen molar-refractivity contribution in [3.05, 3.63) is 23.5 Å². The second-order valence-electron chi connectivity index (χ2n) is 3.80. The van der Waals surface area contributed by atoms with E-state index in [-0.39, 0.29) is 11.7 Å². The Balaban J connectivity index is 2.42. The first-order valence-corrected chi connectivity index (χ1v) is 5.25. The summed E-state index contributed by atoms with van der Waals surface area (Å²) in [6.45, 7) is 2.67. The second kappa shape index (κ2) is 4.51. The molecule has 1 aliphatic rings. The summed E-state index contributed by atoms with van der Waals surface area (Å²) in [5.74, 6) is 0.201. The monoisotopic (exact) mass is 224 g/mol. The Bertz CT molecular complexity index is 403. The molecule has 86 valence electrons. The molecular weight excluding hydrogens is 211 g/mol. The summed E-state index contributed by atoms with van der Waals surface area (Å²) in [4.78, 5) is 10.5. The van der Waals surface area contributed by atoms with Crippen molar-refractivity contribution in [2.45, 2.75) is 19.3 Å². The molecule has 4 heteroatoms. The highest BCUT2D eigenvalue weighted by molar-refractivity contribution is 5.55. The Morgan fingerprint density at radius 3 is 2.75 bits per heavy atom. The number of halogens is 1. The van der Waals surface area contributed by atoms with Gasteiger partial charge in [-0.05, 0) is 12.0 Å². The van der Waals surface area contributed by atoms with Crippen molar-refractivity contribution >= 4 is 6.29 Å². The van der Waals surface area contributed by atoms with Crippen LogP contribution in [0.25, 0.3) is 0 Å². The summed E-state index contributed by atoms with van der Waals surface area (Å²) in [6.07, 6.45) is 1.24. The summed E-state index contributed by atoms with van der Waals surface area (Å²) < 4.78 is 24.1. The molecule has 0 fully saturated rings. The van der Waals surface area contributed by atoms with Crippen LogP contribution in [0.3, 0.4) is 0 Å². The molecule has 1 unspecified atom stereocenters. The van der Waals surface area contributed by atoms with Crippen molar-refractivity contribution in [3.63, 3.8) is 0 Å². The average molecular weight is 224 g/mol. The van der Waals surface area contributed by atoms with Crippen LogP contribution in [0.4, 0.5) is 4.39 Å². The maximum absolute atomic E-state index is 13.4. The quantitative estimate of drug-likeness (QED) is 0.739. The highest BCUT2D eigenvalue weighted by Gasteiger charge is 2.22. The molecule has 0 amide bonds. The van der Waals surface area contributed by atoms with Crippen LogP contribution in [0.5, 0.6) is 11.5 Å². The van der Waals surface area contributed by atoms with Crippen LogP contribution in [0.2, 0.25) is 0 Å². The van der Waals surface area contributed by atoms with E-state index in [1.165, 1.54) is 6.07 Å². The minimum atomic E-state index is -0.420. The van der Waals surface area contributed by atoms with Crippen LogP contribution < -0.4 is 9.47 Å². The van der Waals surface area contributed by atoms with E-state index in [1.54, 1.807) is 6.07 Å². The predicted octanol–water partition coefficient (Wildman–Crippen LogP) is 2.29. The number of carbonyl (C=O) groups is 1. The Morgan fingerprint density at radius 1 is 1.38 bits per heavy atom. The van der Waals surface area contributed by atoms with E-state index < -0.39 is 5.82 Å². The smallest absolute Gasteiger partial charge is 0.197 e. The Morgan fingerprint density at radius 2 is 2.06 bits per heavy atom. The Kier molecular flexibility index (Phi) is 3.08. The molecule has 3 nitrogen and oxygen atoms in total. The van der Waals surface area contributed by atoms with E-state index in [9.17, 15) is 9.18 Å². The molecule has 0 N–H and O–H groups in total. The van der Waals surface area contributed by atoms with Gasteiger partial charge in [-0.2, -0.15) is 0 Å². The van der Waals surface area contributed by atoms with Gasteiger partial charge in [-0.15, -0.1) is 0 Å². The number of rotatable bonds is 3. The van der Waals surface area contributed by atoms with Crippen molar-refractivity contribution < 1.29 is 18.7 Å². The van der Waals surface area contributed by atoms with Crippen molar-refractivity contribution in [2.75, 3.05) is 13.2 Å². The van der Waals surface area contributed by atoms with Crippen LogP contribution in [0.1, 0.15) is 24.8 Å². The van der Waals surface area contributed by atoms with Crippen LogP contribution >= 0.6 is 0 Å². The molecule has 2 rings (SSSR count). The number of benzene rings is 1. The maximum atomic E-state index is 13.4. The van der Waals surface area contributed by atoms with Gasteiger partial charge >= 0.3 is 0 Å². The van der Waals surface area contributed by atoms with Gasteiger partial charge in [0.2, 0.25) is 0 Å². The van der Waals surface area contributed by atoms with Crippen LogP contribution in [0.15, 0.2) is 12.1 Å². The van der Waals surface area contributed by atoms with E-state index in [2.05, 4.69) is 0 Å². The zero-order valence-corrected chi connectivity index (χ0v) is 9.03. The molecule has 0 saturated heterocycles. The van der Waals surface area contributed by atoms with E-state index >= 15 is 0 Å². The van der Waals surface area contributed by atoms with Gasteiger partial charge in [0.15, 0.2) is 17.3 Å². The zero-order chi connectivity index (χ0) is 11.5. The summed E-state index contributed by atoms with van der Waals surface area (Å²) in [6, 6.07) is 3.00. The van der Waals surface area contributed by atoms with Crippen LogP contribution in [0, 0.1) is 5.82 Å². The molecule has 0 saturated carbocycles. The largest absolute Gasteiger partial charge is 0.486 e. The number of hydrogen-bond acceptors (Lipinski definition) is 3. The third kappa shape index (κ3) is 1.87. The van der Waals surface area contributed by atoms with Crippen molar-refractivity contribution in [1.82, 2.24) is 0 Å². The molecule has 0 spiro atoms. The summed E-state index contributed by atoms with van der Waals surface area (Å²) in [5, 5.41) is 0. The molecule has 1 atom stereocenters. The highest BCUT2D eigenvalue weighted by Crippen LogP contribution is 2.40. The molecule has 1 aromatic rings. The van der Waals surface area contributed by atoms with Crippen molar-refractivity contribution in [1.29, 1.82) is 0 Å². The molecule has 1 aromatic carbocycles. The van der Waals surface area contributed by atoms with E-state index in [1.807, 2.05) is 6.92 Å². The third-order valence-corrected chi connectivity index (χ3v) is 2.65. The normalized spacial score (nSPS) is 15.6. The Hall–Kier alpha value is -1.58. The summed E-state index contributed by atoms with van der Waals surface area (Å²) in [7, 11) is 0. The van der Waals surface area contributed by atoms with Gasteiger partial charge in [-0.1, -0.05) is 13.0 Å². The lowest BCUT2D eigenvalue weighted by Crippen LogP contribution is -2.18. The zero-order valence-electron chi connectivity index (χ0n) is 9.03. The molecule has 0 radical (unpaired) electrons. The number of fused-ring (bicyclic) bond motifs is 1. The first kappa shape index (κ1) is 10.9. The number of ether oxygens (including phenoxy) is 2. The molecule has 16 heavy (non-hydrogen) atoms. The van der Waals surface area contributed by atoms with Gasteiger partial charge in [-0.25, -0.2) is 4.39 Å². The van der Waals surface area contributed by atoms with Gasteiger partial charge in [0.05, 0.1) is 0 Å². The molecule has 1 heterocycles. The fourth-order valence-corrected chi connectivity index (χ4v) is 1.78. The van der Waals surface area contributed by atoms with E-state index in [4.69, 9.17) is 9.47 Å². The van der Waals surface area contributed by atoms with Gasteiger partial charge < -0.3 is 14.3 Å². The summed E-state index contributed by atoms with van der Waals surface area (Å²) in [5.41, 5.74) is 0.822. The van der Waals surface area contributed by atoms with Gasteiger partial charge in [0.25, 0.3) is 0 Å². The fraction of sp³-hybridized carbons (Fsp3) is 0.417. The number of hydrogen-bond donors (Lipinski definition) is 0. The highest BCUT2D eigenvalue weighted by atomic mass is 19.1. The average Bonchev–Trinajstić information content (AvgIpc) is 2.30. The minimum absolute atomic E-state index is 0.00792. The molecule has 1 aliphatic heterocycles. The summed E-state index contributed by atoms with van der Waals surface area (Å²) >= 11 is 0. The SMILES string of the molecule is CC(CC=O)c1ccc(F)c2c1OCCO2. The lowest BCUT2D eigenvalue weighted by molar-refractivity contribution is -0.108. The first-order valence-electron chi connectivity index (χ1n) is 5.25. The maximum Gasteiger partial charge on any atom is 0.197 e. The molecule has 0 aliphatic carbocycles. The topological polar surface area (TPSA) is 35.5 Å². The lowest BCUT2D eigenvalue weighted by atomic mass is 9.97. The van der Waals surface area contributed by atoms with Gasteiger partial charge in [0, 0.05) is 12.0 Å². The van der Waals surface area contributed by atoms with Crippen LogP contribution in [-0.2, 0) is 4.79 Å². The first-order chi connectivity index (χ1) is 7.74. The second-order valence-corrected chi connectivity index (χ2v) is 3.80.